The number of rotatable bonds is 3. The van der Waals surface area contributed by atoms with E-state index in [1.807, 2.05) is 32.2 Å². The van der Waals surface area contributed by atoms with Gasteiger partial charge in [0, 0.05) is 11.2 Å². The predicted octanol–water partition coefficient (Wildman–Crippen LogP) is 3.49. The standard InChI is InChI=1S/C14H14ClFN2/c1-9-3-4-11(15)6-13(9)14(17-2)10-5-12(16)8-18-7-10/h3-8,14,17H,1-2H3. The van der Waals surface area contributed by atoms with Crippen molar-refractivity contribution in [2.75, 3.05) is 7.05 Å². The molecule has 0 aliphatic rings. The average molecular weight is 265 g/mol. The zero-order chi connectivity index (χ0) is 13.1. The van der Waals surface area contributed by atoms with Gasteiger partial charge in [-0.1, -0.05) is 17.7 Å². The van der Waals surface area contributed by atoms with Gasteiger partial charge in [0.25, 0.3) is 0 Å². The van der Waals surface area contributed by atoms with Crippen LogP contribution in [-0.4, -0.2) is 12.0 Å². The third kappa shape index (κ3) is 2.68. The van der Waals surface area contributed by atoms with E-state index in [1.54, 1.807) is 6.20 Å². The summed E-state index contributed by atoms with van der Waals surface area (Å²) in [6, 6.07) is 7.05. The molecule has 0 amide bonds. The lowest BCUT2D eigenvalue weighted by molar-refractivity contribution is 0.608. The van der Waals surface area contributed by atoms with Crippen molar-refractivity contribution in [3.05, 3.63) is 64.2 Å². The smallest absolute Gasteiger partial charge is 0.141 e. The number of aryl methyl sites for hydroxylation is 1. The van der Waals surface area contributed by atoms with E-state index in [4.69, 9.17) is 11.6 Å². The summed E-state index contributed by atoms with van der Waals surface area (Å²) in [6.07, 6.45) is 2.85. The lowest BCUT2D eigenvalue weighted by Crippen LogP contribution is -2.19. The Balaban J connectivity index is 2.48. The van der Waals surface area contributed by atoms with E-state index in [0.29, 0.717) is 5.02 Å². The third-order valence-corrected chi connectivity index (χ3v) is 3.14. The fraction of sp³-hybridized carbons (Fsp3) is 0.214. The van der Waals surface area contributed by atoms with Crippen molar-refractivity contribution in [2.45, 2.75) is 13.0 Å². The van der Waals surface area contributed by atoms with E-state index < -0.39 is 0 Å². The molecule has 2 nitrogen and oxygen atoms in total. The number of halogens is 2. The second kappa shape index (κ2) is 5.46. The Bertz CT molecular complexity index is 557. The molecule has 1 unspecified atom stereocenters. The number of pyridine rings is 1. The Hall–Kier alpha value is -1.45. The van der Waals surface area contributed by atoms with Crippen molar-refractivity contribution in [3.63, 3.8) is 0 Å². The van der Waals surface area contributed by atoms with Crippen LogP contribution in [0.25, 0.3) is 0 Å². The number of benzene rings is 1. The molecule has 0 spiro atoms. The molecule has 1 heterocycles. The summed E-state index contributed by atoms with van der Waals surface area (Å²) < 4.78 is 13.2. The molecule has 2 rings (SSSR count). The summed E-state index contributed by atoms with van der Waals surface area (Å²) in [5, 5.41) is 3.83. The first-order valence-corrected chi connectivity index (χ1v) is 6.03. The van der Waals surface area contributed by atoms with Crippen LogP contribution in [0.2, 0.25) is 5.02 Å². The van der Waals surface area contributed by atoms with Crippen LogP contribution in [0.15, 0.2) is 36.7 Å². The van der Waals surface area contributed by atoms with Crippen LogP contribution in [0.5, 0.6) is 0 Å². The minimum absolute atomic E-state index is 0.119. The highest BCUT2D eigenvalue weighted by atomic mass is 35.5. The van der Waals surface area contributed by atoms with E-state index in [-0.39, 0.29) is 11.9 Å². The molecule has 2 aromatic rings. The quantitative estimate of drug-likeness (QED) is 0.918. The Morgan fingerprint density at radius 1 is 1.28 bits per heavy atom. The van der Waals surface area contributed by atoms with E-state index in [9.17, 15) is 4.39 Å². The van der Waals surface area contributed by atoms with Crippen molar-refractivity contribution in [1.82, 2.24) is 10.3 Å². The number of nitrogens with one attached hydrogen (secondary N) is 1. The molecule has 0 saturated carbocycles. The monoisotopic (exact) mass is 264 g/mol. The molecule has 4 heteroatoms. The number of nitrogens with zero attached hydrogens (tertiary/aromatic N) is 1. The average Bonchev–Trinajstić information content (AvgIpc) is 2.35. The summed E-state index contributed by atoms with van der Waals surface area (Å²) in [7, 11) is 1.83. The number of hydrogen-bond donors (Lipinski definition) is 1. The predicted molar refractivity (Wildman–Crippen MR) is 71.3 cm³/mol. The van der Waals surface area contributed by atoms with E-state index >= 15 is 0 Å². The van der Waals surface area contributed by atoms with Crippen molar-refractivity contribution in [3.8, 4) is 0 Å². The second-order valence-electron chi connectivity index (χ2n) is 4.16. The van der Waals surface area contributed by atoms with Crippen LogP contribution < -0.4 is 5.32 Å². The molecule has 0 radical (unpaired) electrons. The normalized spacial score (nSPS) is 12.4. The topological polar surface area (TPSA) is 24.9 Å². The van der Waals surface area contributed by atoms with Gasteiger partial charge >= 0.3 is 0 Å². The summed E-state index contributed by atoms with van der Waals surface area (Å²) in [6.45, 7) is 2.00. The molecule has 1 atom stereocenters. The molecule has 1 aromatic heterocycles. The van der Waals surface area contributed by atoms with E-state index in [0.717, 1.165) is 16.7 Å². The highest BCUT2D eigenvalue weighted by Gasteiger charge is 2.15. The molecule has 0 saturated heterocycles. The molecule has 18 heavy (non-hydrogen) atoms. The van der Waals surface area contributed by atoms with Crippen molar-refractivity contribution in [1.29, 1.82) is 0 Å². The second-order valence-corrected chi connectivity index (χ2v) is 4.60. The maximum atomic E-state index is 13.2. The summed E-state index contributed by atoms with van der Waals surface area (Å²) >= 11 is 6.02. The number of hydrogen-bond acceptors (Lipinski definition) is 2. The Kier molecular flexibility index (Phi) is 3.94. The Labute approximate surface area is 111 Å². The first kappa shape index (κ1) is 13.0. The van der Waals surface area contributed by atoms with Gasteiger partial charge < -0.3 is 5.32 Å². The fourth-order valence-corrected chi connectivity index (χ4v) is 2.19. The molecule has 1 aromatic carbocycles. The molecular formula is C14H14ClFN2. The van der Waals surface area contributed by atoms with Gasteiger partial charge in [0.1, 0.15) is 5.82 Å². The largest absolute Gasteiger partial charge is 0.309 e. The first-order chi connectivity index (χ1) is 8.61. The minimum atomic E-state index is -0.340. The van der Waals surface area contributed by atoms with Gasteiger partial charge in [-0.05, 0) is 48.9 Å². The summed E-state index contributed by atoms with van der Waals surface area (Å²) in [5.74, 6) is -0.340. The summed E-state index contributed by atoms with van der Waals surface area (Å²) in [5.41, 5.74) is 2.91. The lowest BCUT2D eigenvalue weighted by atomic mass is 9.96. The van der Waals surface area contributed by atoms with Gasteiger partial charge in [0.15, 0.2) is 0 Å². The van der Waals surface area contributed by atoms with Crippen LogP contribution in [0, 0.1) is 12.7 Å². The van der Waals surface area contributed by atoms with E-state index in [2.05, 4.69) is 10.3 Å². The first-order valence-electron chi connectivity index (χ1n) is 5.65. The van der Waals surface area contributed by atoms with Crippen LogP contribution in [0.3, 0.4) is 0 Å². The highest BCUT2D eigenvalue weighted by Crippen LogP contribution is 2.27. The van der Waals surface area contributed by atoms with Crippen molar-refractivity contribution < 1.29 is 4.39 Å². The fourth-order valence-electron chi connectivity index (χ4n) is 2.01. The molecule has 0 aliphatic carbocycles. The maximum Gasteiger partial charge on any atom is 0.141 e. The SMILES string of the molecule is CNC(c1cncc(F)c1)c1cc(Cl)ccc1C. The van der Waals surface area contributed by atoms with Gasteiger partial charge in [0.05, 0.1) is 12.2 Å². The maximum absolute atomic E-state index is 13.2. The Morgan fingerprint density at radius 3 is 2.72 bits per heavy atom. The van der Waals surface area contributed by atoms with Crippen molar-refractivity contribution >= 4 is 11.6 Å². The third-order valence-electron chi connectivity index (χ3n) is 2.90. The zero-order valence-corrected chi connectivity index (χ0v) is 11.0. The van der Waals surface area contributed by atoms with E-state index in [1.165, 1.54) is 12.3 Å². The molecule has 94 valence electrons. The molecule has 0 fully saturated rings. The van der Waals surface area contributed by atoms with Crippen LogP contribution in [0.4, 0.5) is 4.39 Å². The summed E-state index contributed by atoms with van der Waals surface area (Å²) in [4.78, 5) is 3.88. The van der Waals surface area contributed by atoms with Gasteiger partial charge in [0.2, 0.25) is 0 Å². The van der Waals surface area contributed by atoms with Gasteiger partial charge in [-0.25, -0.2) is 4.39 Å². The molecule has 1 N–H and O–H groups in total. The van der Waals surface area contributed by atoms with Crippen molar-refractivity contribution in [2.24, 2.45) is 0 Å². The van der Waals surface area contributed by atoms with Gasteiger partial charge in [-0.3, -0.25) is 4.98 Å². The molecular weight excluding hydrogens is 251 g/mol. The van der Waals surface area contributed by atoms with Gasteiger partial charge in [-0.15, -0.1) is 0 Å². The van der Waals surface area contributed by atoms with Gasteiger partial charge in [-0.2, -0.15) is 0 Å². The number of aromatic nitrogens is 1. The van der Waals surface area contributed by atoms with Crippen LogP contribution in [0.1, 0.15) is 22.7 Å². The molecule has 0 bridgehead atoms. The van der Waals surface area contributed by atoms with Crippen LogP contribution in [-0.2, 0) is 0 Å². The molecule has 0 aliphatic heterocycles. The lowest BCUT2D eigenvalue weighted by Gasteiger charge is -2.19. The zero-order valence-electron chi connectivity index (χ0n) is 10.2. The van der Waals surface area contributed by atoms with Crippen LogP contribution >= 0.6 is 11.6 Å². The highest BCUT2D eigenvalue weighted by molar-refractivity contribution is 6.30. The Morgan fingerprint density at radius 2 is 2.06 bits per heavy atom. The minimum Gasteiger partial charge on any atom is -0.309 e.